The number of hydrogen-bond acceptors (Lipinski definition) is 2. The number of carbonyl (C=O) groups is 1. The van der Waals surface area contributed by atoms with Crippen LogP contribution in [0, 0.1) is 12.8 Å². The van der Waals surface area contributed by atoms with E-state index in [1.54, 1.807) is 0 Å². The molecule has 0 N–H and O–H groups in total. The van der Waals surface area contributed by atoms with E-state index in [1.807, 2.05) is 15.8 Å². The number of aromatic nitrogens is 2. The van der Waals surface area contributed by atoms with E-state index in [-0.39, 0.29) is 0 Å². The van der Waals surface area contributed by atoms with Crippen molar-refractivity contribution in [3.8, 4) is 0 Å². The fourth-order valence-corrected chi connectivity index (χ4v) is 3.25. The van der Waals surface area contributed by atoms with Crippen molar-refractivity contribution in [1.29, 1.82) is 0 Å². The minimum atomic E-state index is 0.315. The smallest absolute Gasteiger partial charge is 0.223 e. The molecular weight excluding hydrogens is 250 g/mol. The lowest BCUT2D eigenvalue weighted by Gasteiger charge is -2.33. The predicted molar refractivity (Wildman–Crippen MR) is 78.3 cm³/mol. The van der Waals surface area contributed by atoms with Gasteiger partial charge in [-0.2, -0.15) is 5.10 Å². The maximum Gasteiger partial charge on any atom is 0.223 e. The van der Waals surface area contributed by atoms with Gasteiger partial charge < -0.3 is 4.90 Å². The molecule has 1 aromatic rings. The van der Waals surface area contributed by atoms with Crippen LogP contribution in [-0.2, 0) is 4.79 Å². The molecule has 0 aromatic carbocycles. The summed E-state index contributed by atoms with van der Waals surface area (Å²) in [6.07, 6.45) is 13.5. The van der Waals surface area contributed by atoms with Gasteiger partial charge in [-0.3, -0.25) is 9.48 Å². The van der Waals surface area contributed by atoms with E-state index >= 15 is 0 Å². The molecule has 4 heteroatoms. The number of aryl methyl sites for hydroxylation is 1. The van der Waals surface area contributed by atoms with Crippen LogP contribution in [0.3, 0.4) is 0 Å². The molecule has 2 atom stereocenters. The van der Waals surface area contributed by atoms with Crippen LogP contribution in [0.25, 0.3) is 0 Å². The number of rotatable bonds is 3. The Hall–Kier alpha value is -1.58. The number of allylic oxidation sites excluding steroid dienone is 2. The highest BCUT2D eigenvalue weighted by Crippen LogP contribution is 2.25. The van der Waals surface area contributed by atoms with Crippen molar-refractivity contribution in [2.45, 2.75) is 45.1 Å². The van der Waals surface area contributed by atoms with Crippen LogP contribution in [0.4, 0.5) is 0 Å². The maximum atomic E-state index is 12.4. The summed E-state index contributed by atoms with van der Waals surface area (Å²) in [5.74, 6) is 0.782. The quantitative estimate of drug-likeness (QED) is 0.794. The second kappa shape index (κ2) is 5.81. The van der Waals surface area contributed by atoms with E-state index in [1.165, 1.54) is 5.56 Å². The lowest BCUT2D eigenvalue weighted by atomic mass is 10.0. The van der Waals surface area contributed by atoms with Crippen molar-refractivity contribution < 1.29 is 4.79 Å². The van der Waals surface area contributed by atoms with Gasteiger partial charge in [-0.05, 0) is 44.1 Å². The molecule has 3 rings (SSSR count). The molecule has 0 saturated carbocycles. The topological polar surface area (TPSA) is 38.1 Å². The van der Waals surface area contributed by atoms with E-state index in [4.69, 9.17) is 0 Å². The largest absolute Gasteiger partial charge is 0.341 e. The van der Waals surface area contributed by atoms with Crippen LogP contribution in [0.2, 0.25) is 0 Å². The van der Waals surface area contributed by atoms with Crippen molar-refractivity contribution in [1.82, 2.24) is 14.7 Å². The van der Waals surface area contributed by atoms with E-state index in [0.717, 1.165) is 38.8 Å². The molecule has 0 radical (unpaired) electrons. The normalized spacial score (nSPS) is 26.1. The highest BCUT2D eigenvalue weighted by molar-refractivity contribution is 5.76. The van der Waals surface area contributed by atoms with Gasteiger partial charge in [-0.1, -0.05) is 12.2 Å². The number of carbonyl (C=O) groups excluding carboxylic acids is 1. The number of nitrogens with zero attached hydrogens (tertiary/aromatic N) is 3. The Morgan fingerprint density at radius 1 is 1.45 bits per heavy atom. The summed E-state index contributed by atoms with van der Waals surface area (Å²) in [4.78, 5) is 14.4. The van der Waals surface area contributed by atoms with Gasteiger partial charge >= 0.3 is 0 Å². The first kappa shape index (κ1) is 13.4. The van der Waals surface area contributed by atoms with E-state index in [2.05, 4.69) is 30.4 Å². The molecule has 1 aliphatic heterocycles. The first-order chi connectivity index (χ1) is 9.72. The average molecular weight is 273 g/mol. The Kier molecular flexibility index (Phi) is 3.90. The lowest BCUT2D eigenvalue weighted by Crippen LogP contribution is -2.41. The van der Waals surface area contributed by atoms with Crippen molar-refractivity contribution in [2.24, 2.45) is 5.92 Å². The molecule has 4 nitrogen and oxygen atoms in total. The summed E-state index contributed by atoms with van der Waals surface area (Å²) in [5, 5.41) is 4.40. The molecule has 0 spiro atoms. The van der Waals surface area contributed by atoms with Gasteiger partial charge in [0, 0.05) is 25.7 Å². The zero-order valence-corrected chi connectivity index (χ0v) is 12.2. The van der Waals surface area contributed by atoms with Crippen molar-refractivity contribution in [2.75, 3.05) is 13.1 Å². The van der Waals surface area contributed by atoms with Crippen LogP contribution in [0.5, 0.6) is 0 Å². The van der Waals surface area contributed by atoms with Crippen LogP contribution in [0.1, 0.15) is 43.7 Å². The third-order valence-electron chi connectivity index (χ3n) is 4.40. The Labute approximate surface area is 120 Å². The molecule has 1 saturated heterocycles. The molecule has 2 aliphatic rings. The minimum Gasteiger partial charge on any atom is -0.341 e. The summed E-state index contributed by atoms with van der Waals surface area (Å²) in [6.45, 7) is 3.78. The Bertz CT molecular complexity index is 506. The van der Waals surface area contributed by atoms with Gasteiger partial charge in [0.25, 0.3) is 0 Å². The summed E-state index contributed by atoms with van der Waals surface area (Å²) >= 11 is 0. The van der Waals surface area contributed by atoms with Crippen LogP contribution in [0.15, 0.2) is 24.5 Å². The Morgan fingerprint density at radius 2 is 2.35 bits per heavy atom. The number of likely N-dealkylation sites (tertiary alicyclic amines) is 1. The van der Waals surface area contributed by atoms with Crippen LogP contribution in [-0.4, -0.2) is 33.7 Å². The van der Waals surface area contributed by atoms with Gasteiger partial charge in [-0.15, -0.1) is 0 Å². The second-order valence-electron chi connectivity index (χ2n) is 6.10. The summed E-state index contributed by atoms with van der Waals surface area (Å²) in [5.41, 5.74) is 1.18. The monoisotopic (exact) mass is 273 g/mol. The standard InChI is InChI=1S/C16H23N3O/c1-13-10-17-19(11-13)15-7-4-8-18(12-15)16(20)9-14-5-2-3-6-14/h2,5,10-11,14-15H,3-4,6-9,12H2,1H3. The summed E-state index contributed by atoms with van der Waals surface area (Å²) < 4.78 is 2.03. The molecule has 1 fully saturated rings. The highest BCUT2D eigenvalue weighted by atomic mass is 16.2. The molecule has 1 aliphatic carbocycles. The third kappa shape index (κ3) is 2.94. The molecule has 2 unspecified atom stereocenters. The SMILES string of the molecule is Cc1cnn(C2CCCN(C(=O)CC3C=CCC3)C2)c1. The van der Waals surface area contributed by atoms with Crippen LogP contribution < -0.4 is 0 Å². The Morgan fingerprint density at radius 3 is 3.05 bits per heavy atom. The highest BCUT2D eigenvalue weighted by Gasteiger charge is 2.26. The van der Waals surface area contributed by atoms with Gasteiger partial charge in [0.15, 0.2) is 0 Å². The van der Waals surface area contributed by atoms with Gasteiger partial charge in [-0.25, -0.2) is 0 Å². The fourth-order valence-electron chi connectivity index (χ4n) is 3.25. The molecule has 1 aromatic heterocycles. The molecular formula is C16H23N3O. The molecule has 1 amide bonds. The lowest BCUT2D eigenvalue weighted by molar-refractivity contribution is -0.133. The first-order valence-corrected chi connectivity index (χ1v) is 7.67. The number of amides is 1. The number of piperidine rings is 1. The predicted octanol–water partition coefficient (Wildman–Crippen LogP) is 2.71. The van der Waals surface area contributed by atoms with E-state index in [0.29, 0.717) is 24.3 Å². The van der Waals surface area contributed by atoms with Crippen molar-refractivity contribution >= 4 is 5.91 Å². The Balaban J connectivity index is 1.59. The second-order valence-corrected chi connectivity index (χ2v) is 6.10. The van der Waals surface area contributed by atoms with Crippen molar-refractivity contribution in [3.63, 3.8) is 0 Å². The van der Waals surface area contributed by atoms with E-state index in [9.17, 15) is 4.79 Å². The molecule has 20 heavy (non-hydrogen) atoms. The molecule has 108 valence electrons. The zero-order chi connectivity index (χ0) is 13.9. The average Bonchev–Trinajstić information content (AvgIpc) is 3.10. The van der Waals surface area contributed by atoms with Crippen molar-refractivity contribution in [3.05, 3.63) is 30.1 Å². The van der Waals surface area contributed by atoms with Gasteiger partial charge in [0.2, 0.25) is 5.91 Å². The summed E-state index contributed by atoms with van der Waals surface area (Å²) in [6, 6.07) is 0.348. The van der Waals surface area contributed by atoms with E-state index < -0.39 is 0 Å². The molecule has 0 bridgehead atoms. The maximum absolute atomic E-state index is 12.4. The van der Waals surface area contributed by atoms with Gasteiger partial charge in [0.05, 0.1) is 12.2 Å². The zero-order valence-electron chi connectivity index (χ0n) is 12.2. The number of hydrogen-bond donors (Lipinski definition) is 0. The van der Waals surface area contributed by atoms with Gasteiger partial charge in [0.1, 0.15) is 0 Å². The first-order valence-electron chi connectivity index (χ1n) is 7.67. The fraction of sp³-hybridized carbons (Fsp3) is 0.625. The third-order valence-corrected chi connectivity index (χ3v) is 4.40. The molecule has 2 heterocycles. The summed E-state index contributed by atoms with van der Waals surface area (Å²) in [7, 11) is 0. The minimum absolute atomic E-state index is 0.315. The van der Waals surface area contributed by atoms with Crippen LogP contribution >= 0.6 is 0 Å².